The van der Waals surface area contributed by atoms with Crippen LogP contribution in [-0.2, 0) is 6.18 Å². The van der Waals surface area contributed by atoms with Gasteiger partial charge in [-0.1, -0.05) is 12.1 Å². The van der Waals surface area contributed by atoms with Gasteiger partial charge in [-0.3, -0.25) is 4.90 Å². The lowest BCUT2D eigenvalue weighted by molar-refractivity contribution is -0.137. The molecule has 1 saturated carbocycles. The summed E-state index contributed by atoms with van der Waals surface area (Å²) < 4.78 is 66.1. The molecule has 2 nitrogen and oxygen atoms in total. The number of benzene rings is 1. The van der Waals surface area contributed by atoms with Crippen molar-refractivity contribution in [2.75, 3.05) is 13.1 Å². The van der Waals surface area contributed by atoms with E-state index in [9.17, 15) is 22.0 Å². The van der Waals surface area contributed by atoms with Gasteiger partial charge in [-0.15, -0.1) is 12.4 Å². The largest absolute Gasteiger partial charge is 0.416 e. The zero-order valence-electron chi connectivity index (χ0n) is 16.1. The number of nitrogens with one attached hydrogen (secondary N) is 1. The Labute approximate surface area is 169 Å². The summed E-state index contributed by atoms with van der Waals surface area (Å²) in [5, 5.41) is 3.40. The van der Waals surface area contributed by atoms with E-state index in [1.54, 1.807) is 0 Å². The van der Waals surface area contributed by atoms with Crippen molar-refractivity contribution in [2.24, 2.45) is 5.92 Å². The quantitative estimate of drug-likeness (QED) is 0.626. The molecule has 0 spiro atoms. The minimum atomic E-state index is -4.38. The molecule has 2 aliphatic rings. The monoisotopic (exact) mass is 426 g/mol. The third-order valence-electron chi connectivity index (χ3n) is 5.96. The highest BCUT2D eigenvalue weighted by molar-refractivity contribution is 5.85. The fraction of sp³-hybridized carbons (Fsp3) is 0.700. The molecule has 1 aromatic carbocycles. The Hall–Kier alpha value is -0.920. The summed E-state index contributed by atoms with van der Waals surface area (Å²) in [6.45, 7) is 5.67. The first-order valence-corrected chi connectivity index (χ1v) is 9.61. The van der Waals surface area contributed by atoms with E-state index in [1.165, 1.54) is 12.1 Å². The molecule has 0 amide bonds. The van der Waals surface area contributed by atoms with Crippen molar-refractivity contribution in [1.82, 2.24) is 10.2 Å². The SMILES string of the molecule is C[C@@H]1CN[C@@H](C)CN1C(c1ccc(C(F)(F)F)cc1)C1CCC(F)(F)CC1.Cl. The Morgan fingerprint density at radius 3 is 2.18 bits per heavy atom. The van der Waals surface area contributed by atoms with Crippen molar-refractivity contribution >= 4 is 12.4 Å². The van der Waals surface area contributed by atoms with Crippen LogP contribution in [0.4, 0.5) is 22.0 Å². The third-order valence-corrected chi connectivity index (χ3v) is 5.96. The highest BCUT2D eigenvalue weighted by Crippen LogP contribution is 2.45. The lowest BCUT2D eigenvalue weighted by Gasteiger charge is -2.47. The Morgan fingerprint density at radius 2 is 1.64 bits per heavy atom. The highest BCUT2D eigenvalue weighted by Gasteiger charge is 2.42. The van der Waals surface area contributed by atoms with E-state index in [0.717, 1.165) is 30.8 Å². The number of halogens is 6. The summed E-state index contributed by atoms with van der Waals surface area (Å²) in [6.07, 6.45) is -3.89. The lowest BCUT2D eigenvalue weighted by Crippen LogP contribution is -2.56. The summed E-state index contributed by atoms with van der Waals surface area (Å²) in [7, 11) is 0. The second-order valence-corrected chi connectivity index (χ2v) is 8.11. The van der Waals surface area contributed by atoms with Gasteiger partial charge in [-0.05, 0) is 50.3 Å². The van der Waals surface area contributed by atoms with Gasteiger partial charge in [-0.25, -0.2) is 8.78 Å². The van der Waals surface area contributed by atoms with Gasteiger partial charge in [0.1, 0.15) is 0 Å². The Kier molecular flexibility index (Phi) is 7.37. The number of rotatable bonds is 3. The van der Waals surface area contributed by atoms with E-state index in [2.05, 4.69) is 24.1 Å². The van der Waals surface area contributed by atoms with Crippen molar-refractivity contribution in [2.45, 2.75) is 69.8 Å². The number of nitrogens with zero attached hydrogens (tertiary/aromatic N) is 1. The predicted molar refractivity (Wildman–Crippen MR) is 102 cm³/mol. The molecule has 1 unspecified atom stereocenters. The molecule has 0 radical (unpaired) electrons. The number of hydrogen-bond acceptors (Lipinski definition) is 2. The van der Waals surface area contributed by atoms with Crippen LogP contribution in [-0.4, -0.2) is 36.0 Å². The van der Waals surface area contributed by atoms with Gasteiger partial charge in [0.05, 0.1) is 5.56 Å². The maximum absolute atomic E-state index is 13.7. The number of hydrogen-bond donors (Lipinski definition) is 1. The molecule has 3 atom stereocenters. The summed E-state index contributed by atoms with van der Waals surface area (Å²) in [4.78, 5) is 2.29. The average molecular weight is 427 g/mol. The van der Waals surface area contributed by atoms with Crippen molar-refractivity contribution in [3.8, 4) is 0 Å². The molecule has 1 heterocycles. The minimum absolute atomic E-state index is 0. The Balaban J connectivity index is 0.00000280. The van der Waals surface area contributed by atoms with Gasteiger partial charge < -0.3 is 5.32 Å². The molecule has 1 saturated heterocycles. The summed E-state index contributed by atoms with van der Waals surface area (Å²) in [5.41, 5.74) is 0.112. The summed E-state index contributed by atoms with van der Waals surface area (Å²) in [6, 6.07) is 5.58. The molecule has 0 bridgehead atoms. The fourth-order valence-electron chi connectivity index (χ4n) is 4.42. The highest BCUT2D eigenvalue weighted by atomic mass is 35.5. The topological polar surface area (TPSA) is 15.3 Å². The van der Waals surface area contributed by atoms with Gasteiger partial charge in [0.25, 0.3) is 0 Å². The smallest absolute Gasteiger partial charge is 0.311 e. The van der Waals surface area contributed by atoms with Gasteiger partial charge in [-0.2, -0.15) is 13.2 Å². The van der Waals surface area contributed by atoms with Crippen molar-refractivity contribution in [3.05, 3.63) is 35.4 Å². The van der Waals surface area contributed by atoms with Crippen molar-refractivity contribution in [1.29, 1.82) is 0 Å². The molecule has 1 aliphatic heterocycles. The molecule has 0 aromatic heterocycles. The van der Waals surface area contributed by atoms with Crippen LogP contribution in [0.25, 0.3) is 0 Å². The molecule has 1 aromatic rings. The summed E-state index contributed by atoms with van der Waals surface area (Å²) >= 11 is 0. The molecule has 8 heteroatoms. The van der Waals surface area contributed by atoms with Crippen LogP contribution < -0.4 is 5.32 Å². The van der Waals surface area contributed by atoms with Gasteiger partial charge in [0, 0.05) is 44.1 Å². The Morgan fingerprint density at radius 1 is 1.07 bits per heavy atom. The first kappa shape index (κ1) is 23.4. The molecule has 1 aliphatic carbocycles. The minimum Gasteiger partial charge on any atom is -0.311 e. The van der Waals surface area contributed by atoms with Crippen LogP contribution in [0.3, 0.4) is 0 Å². The van der Waals surface area contributed by atoms with E-state index in [0.29, 0.717) is 12.8 Å². The summed E-state index contributed by atoms with van der Waals surface area (Å²) in [5.74, 6) is -2.60. The molecular formula is C20H28ClF5N2. The van der Waals surface area contributed by atoms with E-state index in [-0.39, 0.29) is 49.3 Å². The molecule has 28 heavy (non-hydrogen) atoms. The lowest BCUT2D eigenvalue weighted by atomic mass is 9.78. The molecule has 3 rings (SSSR count). The molecule has 160 valence electrons. The van der Waals surface area contributed by atoms with Crippen LogP contribution in [0, 0.1) is 5.92 Å². The fourth-order valence-corrected chi connectivity index (χ4v) is 4.42. The zero-order valence-corrected chi connectivity index (χ0v) is 16.9. The van der Waals surface area contributed by atoms with Gasteiger partial charge >= 0.3 is 6.18 Å². The molecule has 1 N–H and O–H groups in total. The van der Waals surface area contributed by atoms with Gasteiger partial charge in [0.2, 0.25) is 5.92 Å². The van der Waals surface area contributed by atoms with Crippen LogP contribution in [0.1, 0.15) is 56.7 Å². The maximum atomic E-state index is 13.7. The van der Waals surface area contributed by atoms with Crippen molar-refractivity contribution < 1.29 is 22.0 Å². The van der Waals surface area contributed by atoms with Crippen LogP contribution in [0.15, 0.2) is 24.3 Å². The van der Waals surface area contributed by atoms with E-state index in [4.69, 9.17) is 0 Å². The first-order chi connectivity index (χ1) is 12.6. The van der Waals surface area contributed by atoms with Crippen LogP contribution >= 0.6 is 12.4 Å². The molecule has 2 fully saturated rings. The second-order valence-electron chi connectivity index (χ2n) is 8.11. The number of alkyl halides is 5. The zero-order chi connectivity index (χ0) is 19.8. The molecular weight excluding hydrogens is 399 g/mol. The predicted octanol–water partition coefficient (Wildman–Crippen LogP) is 5.68. The number of piperazine rings is 1. The van der Waals surface area contributed by atoms with E-state index < -0.39 is 17.7 Å². The van der Waals surface area contributed by atoms with E-state index in [1.807, 2.05) is 0 Å². The normalized spacial score (nSPS) is 27.8. The standard InChI is InChI=1S/C20H27F5N2.ClH/c1-13-12-27(14(2)11-26-13)18(16-7-9-19(21,22)10-8-16)15-3-5-17(6-4-15)20(23,24)25;/h3-6,13-14,16,18,26H,7-12H2,1-2H3;1H/t13-,14+,18?;/m0./s1. The van der Waals surface area contributed by atoms with Crippen LogP contribution in [0.2, 0.25) is 0 Å². The average Bonchev–Trinajstić information content (AvgIpc) is 2.59. The van der Waals surface area contributed by atoms with E-state index >= 15 is 0 Å². The van der Waals surface area contributed by atoms with Crippen LogP contribution in [0.5, 0.6) is 0 Å². The Bertz CT molecular complexity index is 624. The maximum Gasteiger partial charge on any atom is 0.416 e. The van der Waals surface area contributed by atoms with Crippen molar-refractivity contribution in [3.63, 3.8) is 0 Å². The second kappa shape index (κ2) is 8.84. The first-order valence-electron chi connectivity index (χ1n) is 9.61. The van der Waals surface area contributed by atoms with Gasteiger partial charge in [0.15, 0.2) is 0 Å². The third kappa shape index (κ3) is 5.36.